The predicted octanol–water partition coefficient (Wildman–Crippen LogP) is 2.82. The summed E-state index contributed by atoms with van der Waals surface area (Å²) in [7, 11) is 1.26. The Kier molecular flexibility index (Phi) is 7.38. The number of carbonyl (C=O) groups is 2. The second kappa shape index (κ2) is 9.29. The lowest BCUT2D eigenvalue weighted by atomic mass is 10.1. The third kappa shape index (κ3) is 5.50. The molecule has 0 radical (unpaired) electrons. The molecule has 0 bridgehead atoms. The minimum Gasteiger partial charge on any atom is -0.453 e. The van der Waals surface area contributed by atoms with Gasteiger partial charge < -0.3 is 9.15 Å². The van der Waals surface area contributed by atoms with E-state index < -0.39 is 17.5 Å². The van der Waals surface area contributed by atoms with Crippen molar-refractivity contribution in [3.63, 3.8) is 0 Å². The normalized spacial score (nSPS) is 10.5. The SMILES string of the molecule is CCC(=O)c1c(N=O)cc(CCC/C=C/NC(=O)OC)oc1=O. The van der Waals surface area contributed by atoms with Crippen LogP contribution in [0.1, 0.15) is 42.3 Å². The quantitative estimate of drug-likeness (QED) is 0.447. The number of nitrogens with zero attached hydrogens (tertiary/aromatic N) is 1. The lowest BCUT2D eigenvalue weighted by Crippen LogP contribution is -2.16. The van der Waals surface area contributed by atoms with Gasteiger partial charge in [0, 0.05) is 25.1 Å². The predicted molar refractivity (Wildman–Crippen MR) is 82.7 cm³/mol. The van der Waals surface area contributed by atoms with Crippen molar-refractivity contribution in [2.45, 2.75) is 32.6 Å². The van der Waals surface area contributed by atoms with Crippen LogP contribution >= 0.6 is 0 Å². The highest BCUT2D eigenvalue weighted by molar-refractivity contribution is 5.99. The number of aryl methyl sites for hydroxylation is 1. The third-order valence-electron chi connectivity index (χ3n) is 2.98. The fourth-order valence-electron chi connectivity index (χ4n) is 1.82. The Balaban J connectivity index is 2.67. The molecule has 1 rings (SSSR count). The van der Waals surface area contributed by atoms with Crippen molar-refractivity contribution in [3.8, 4) is 0 Å². The first-order chi connectivity index (χ1) is 11.0. The van der Waals surface area contributed by atoms with Gasteiger partial charge >= 0.3 is 11.7 Å². The van der Waals surface area contributed by atoms with Crippen LogP contribution in [0.25, 0.3) is 0 Å². The van der Waals surface area contributed by atoms with Gasteiger partial charge in [-0.1, -0.05) is 13.0 Å². The molecule has 0 aliphatic rings. The summed E-state index contributed by atoms with van der Waals surface area (Å²) < 4.78 is 9.43. The Hall–Kier alpha value is -2.77. The molecule has 0 unspecified atom stereocenters. The van der Waals surface area contributed by atoms with Crippen LogP contribution in [-0.4, -0.2) is 19.0 Å². The summed E-state index contributed by atoms with van der Waals surface area (Å²) in [6.45, 7) is 1.58. The molecule has 8 heteroatoms. The largest absolute Gasteiger partial charge is 0.453 e. The van der Waals surface area contributed by atoms with Crippen molar-refractivity contribution >= 4 is 17.6 Å². The van der Waals surface area contributed by atoms with Gasteiger partial charge in [0.1, 0.15) is 17.0 Å². The van der Waals surface area contributed by atoms with E-state index in [-0.39, 0.29) is 23.4 Å². The number of methoxy groups -OCH3 is 1. The van der Waals surface area contributed by atoms with Gasteiger partial charge in [-0.15, -0.1) is 4.91 Å². The minimum absolute atomic E-state index is 0.0879. The van der Waals surface area contributed by atoms with Crippen molar-refractivity contribution in [1.82, 2.24) is 5.32 Å². The topological polar surface area (TPSA) is 115 Å². The number of unbranched alkanes of at least 4 members (excludes halogenated alkanes) is 1. The van der Waals surface area contributed by atoms with E-state index in [4.69, 9.17) is 4.42 Å². The summed E-state index contributed by atoms with van der Waals surface area (Å²) in [4.78, 5) is 45.0. The Bertz CT molecular complexity index is 662. The summed E-state index contributed by atoms with van der Waals surface area (Å²) in [5.41, 5.74) is -1.33. The summed E-state index contributed by atoms with van der Waals surface area (Å²) in [5, 5.41) is 5.12. The zero-order valence-corrected chi connectivity index (χ0v) is 13.0. The van der Waals surface area contributed by atoms with E-state index in [9.17, 15) is 19.3 Å². The molecule has 0 saturated heterocycles. The average Bonchev–Trinajstić information content (AvgIpc) is 2.56. The van der Waals surface area contributed by atoms with Gasteiger partial charge in [-0.2, -0.15) is 0 Å². The molecule has 1 aromatic rings. The van der Waals surface area contributed by atoms with E-state index in [1.165, 1.54) is 19.4 Å². The molecule has 0 spiro atoms. The number of nitroso groups, excluding NO2 is 1. The summed E-state index contributed by atoms with van der Waals surface area (Å²) in [5.74, 6) is -0.191. The van der Waals surface area contributed by atoms with E-state index in [1.54, 1.807) is 13.0 Å². The van der Waals surface area contributed by atoms with Crippen molar-refractivity contribution in [1.29, 1.82) is 0 Å². The van der Waals surface area contributed by atoms with Crippen LogP contribution in [0.4, 0.5) is 10.5 Å². The van der Waals surface area contributed by atoms with Crippen LogP contribution in [0.5, 0.6) is 0 Å². The Morgan fingerprint density at radius 2 is 2.17 bits per heavy atom. The Morgan fingerprint density at radius 3 is 2.78 bits per heavy atom. The molecular weight excluding hydrogens is 304 g/mol. The maximum Gasteiger partial charge on any atom is 0.410 e. The highest BCUT2D eigenvalue weighted by Crippen LogP contribution is 2.20. The van der Waals surface area contributed by atoms with E-state index >= 15 is 0 Å². The molecule has 1 N–H and O–H groups in total. The molecule has 1 aromatic heterocycles. The molecule has 0 fully saturated rings. The average molecular weight is 322 g/mol. The number of amides is 1. The van der Waals surface area contributed by atoms with Gasteiger partial charge in [0.2, 0.25) is 0 Å². The molecule has 1 heterocycles. The monoisotopic (exact) mass is 322 g/mol. The zero-order chi connectivity index (χ0) is 17.2. The van der Waals surface area contributed by atoms with E-state index in [0.29, 0.717) is 19.3 Å². The smallest absolute Gasteiger partial charge is 0.410 e. The Morgan fingerprint density at radius 1 is 1.43 bits per heavy atom. The molecule has 124 valence electrons. The number of Topliss-reactive ketones (excluding diaryl/α,β-unsaturated/α-hetero) is 1. The van der Waals surface area contributed by atoms with Crippen molar-refractivity contribution < 1.29 is 18.7 Å². The van der Waals surface area contributed by atoms with Crippen LogP contribution in [0.2, 0.25) is 0 Å². The van der Waals surface area contributed by atoms with Crippen LogP contribution < -0.4 is 10.9 Å². The lowest BCUT2D eigenvalue weighted by Gasteiger charge is -2.03. The van der Waals surface area contributed by atoms with Gasteiger partial charge in [0.15, 0.2) is 5.78 Å². The molecular formula is C15H18N2O6. The molecule has 8 nitrogen and oxygen atoms in total. The zero-order valence-electron chi connectivity index (χ0n) is 13.0. The highest BCUT2D eigenvalue weighted by Gasteiger charge is 2.18. The minimum atomic E-state index is -0.841. The van der Waals surface area contributed by atoms with Crippen LogP contribution in [0, 0.1) is 4.91 Å². The number of alkyl carbamates (subject to hydrolysis) is 1. The summed E-state index contributed by atoms with van der Waals surface area (Å²) in [6, 6.07) is 1.31. The first-order valence-electron chi connectivity index (χ1n) is 7.06. The molecule has 23 heavy (non-hydrogen) atoms. The standard InChI is InChI=1S/C15H18N2O6/c1-3-12(18)13-11(17-21)9-10(23-14(13)19)7-5-4-6-8-16-15(20)22-2/h6,8-9H,3-5,7H2,1-2H3,(H,16,20)/b8-6+. The third-order valence-corrected chi connectivity index (χ3v) is 2.98. The van der Waals surface area contributed by atoms with Crippen molar-refractivity contribution in [3.05, 3.63) is 45.0 Å². The van der Waals surface area contributed by atoms with Gasteiger partial charge in [-0.05, 0) is 18.0 Å². The second-order valence-corrected chi connectivity index (χ2v) is 4.56. The van der Waals surface area contributed by atoms with Crippen LogP contribution in [-0.2, 0) is 11.2 Å². The number of ether oxygens (including phenoxy) is 1. The number of rotatable bonds is 8. The van der Waals surface area contributed by atoms with Crippen molar-refractivity contribution in [2.24, 2.45) is 5.18 Å². The lowest BCUT2D eigenvalue weighted by molar-refractivity contribution is 0.0984. The van der Waals surface area contributed by atoms with E-state index in [0.717, 1.165) is 0 Å². The van der Waals surface area contributed by atoms with Gasteiger partial charge in [0.05, 0.1) is 7.11 Å². The molecule has 1 amide bonds. The van der Waals surface area contributed by atoms with Gasteiger partial charge in [-0.3, -0.25) is 10.1 Å². The summed E-state index contributed by atoms with van der Waals surface area (Å²) >= 11 is 0. The number of ketones is 1. The fourth-order valence-corrected chi connectivity index (χ4v) is 1.82. The van der Waals surface area contributed by atoms with Crippen LogP contribution in [0.15, 0.2) is 32.7 Å². The second-order valence-electron chi connectivity index (χ2n) is 4.56. The number of hydrogen-bond donors (Lipinski definition) is 1. The Labute approximate surface area is 132 Å². The first-order valence-corrected chi connectivity index (χ1v) is 7.06. The van der Waals surface area contributed by atoms with Crippen LogP contribution in [0.3, 0.4) is 0 Å². The van der Waals surface area contributed by atoms with Gasteiger partial charge in [-0.25, -0.2) is 9.59 Å². The number of nitrogens with one attached hydrogen (secondary N) is 1. The number of hydrogen-bond acceptors (Lipinski definition) is 7. The molecule has 0 atom stereocenters. The number of allylic oxidation sites excluding steroid dienone is 1. The number of carbonyl (C=O) groups excluding carboxylic acids is 2. The molecule has 0 aliphatic carbocycles. The highest BCUT2D eigenvalue weighted by atomic mass is 16.5. The first kappa shape index (κ1) is 18.3. The maximum absolute atomic E-state index is 11.8. The molecule has 0 aliphatic heterocycles. The molecule has 0 saturated carbocycles. The fraction of sp³-hybridized carbons (Fsp3) is 0.400. The van der Waals surface area contributed by atoms with E-state index in [1.807, 2.05) is 0 Å². The van der Waals surface area contributed by atoms with Gasteiger partial charge in [0.25, 0.3) is 0 Å². The molecule has 0 aromatic carbocycles. The maximum atomic E-state index is 11.8. The summed E-state index contributed by atoms with van der Waals surface area (Å²) in [6.07, 6.45) is 4.29. The van der Waals surface area contributed by atoms with E-state index in [2.05, 4.69) is 15.2 Å². The van der Waals surface area contributed by atoms with Crippen molar-refractivity contribution in [2.75, 3.05) is 7.11 Å².